The molecule has 2 aromatic carbocycles. The summed E-state index contributed by atoms with van der Waals surface area (Å²) in [6.07, 6.45) is 0.342. The zero-order valence-corrected chi connectivity index (χ0v) is 13.1. The van der Waals surface area contributed by atoms with Crippen molar-refractivity contribution in [3.05, 3.63) is 60.2 Å². The number of phenolic OH excluding ortho intramolecular Hbond substituents is 1. The number of ether oxygens (including phenoxy) is 1. The van der Waals surface area contributed by atoms with Gasteiger partial charge >= 0.3 is 0 Å². The molecule has 0 unspecified atom stereocenters. The fourth-order valence-corrected chi connectivity index (χ4v) is 2.59. The van der Waals surface area contributed by atoms with Crippen LogP contribution in [0.5, 0.6) is 11.5 Å². The molecule has 0 fully saturated rings. The Balaban J connectivity index is 1.82. The summed E-state index contributed by atoms with van der Waals surface area (Å²) in [5.74, 6) is 1.57. The van der Waals surface area contributed by atoms with Crippen LogP contribution < -0.4 is 4.74 Å². The Hall–Kier alpha value is -2.00. The molecule has 0 aliphatic carbocycles. The maximum absolute atomic E-state index is 10.4. The Labute approximate surface area is 132 Å². The SMILES string of the molecule is C[C@H](COc1ccccc1)C[C@H](C)[C@H](O)c1ccc(O)cc1. The zero-order chi connectivity index (χ0) is 15.9. The monoisotopic (exact) mass is 300 g/mol. The van der Waals surface area contributed by atoms with Crippen molar-refractivity contribution in [3.8, 4) is 11.5 Å². The maximum Gasteiger partial charge on any atom is 0.119 e. The van der Waals surface area contributed by atoms with E-state index in [9.17, 15) is 10.2 Å². The second-order valence-electron chi connectivity index (χ2n) is 5.98. The third kappa shape index (κ3) is 4.78. The number of rotatable bonds is 7. The summed E-state index contributed by atoms with van der Waals surface area (Å²) in [6, 6.07) is 16.5. The van der Waals surface area contributed by atoms with E-state index in [0.29, 0.717) is 12.5 Å². The number of phenols is 1. The van der Waals surface area contributed by atoms with Crippen LogP contribution in [0.25, 0.3) is 0 Å². The normalized spacial score (nSPS) is 15.0. The van der Waals surface area contributed by atoms with E-state index in [1.54, 1.807) is 24.3 Å². The molecule has 22 heavy (non-hydrogen) atoms. The van der Waals surface area contributed by atoms with Crippen molar-refractivity contribution in [1.82, 2.24) is 0 Å². The number of hydrogen-bond acceptors (Lipinski definition) is 3. The largest absolute Gasteiger partial charge is 0.508 e. The number of aliphatic hydroxyl groups excluding tert-OH is 1. The van der Waals surface area contributed by atoms with Crippen molar-refractivity contribution >= 4 is 0 Å². The molecule has 2 N–H and O–H groups in total. The Bertz CT molecular complexity index is 551. The molecule has 3 heteroatoms. The molecular formula is C19H24O3. The Morgan fingerprint density at radius 2 is 1.59 bits per heavy atom. The molecule has 0 spiro atoms. The van der Waals surface area contributed by atoms with E-state index in [-0.39, 0.29) is 11.7 Å². The van der Waals surface area contributed by atoms with Crippen LogP contribution in [0, 0.1) is 11.8 Å². The number of benzene rings is 2. The fraction of sp³-hybridized carbons (Fsp3) is 0.368. The minimum atomic E-state index is -0.528. The van der Waals surface area contributed by atoms with Crippen molar-refractivity contribution in [1.29, 1.82) is 0 Å². The van der Waals surface area contributed by atoms with Gasteiger partial charge < -0.3 is 14.9 Å². The van der Waals surface area contributed by atoms with E-state index >= 15 is 0 Å². The van der Waals surface area contributed by atoms with Crippen LogP contribution in [0.1, 0.15) is 31.9 Å². The van der Waals surface area contributed by atoms with E-state index in [2.05, 4.69) is 6.92 Å². The third-order valence-corrected chi connectivity index (χ3v) is 3.83. The number of aromatic hydroxyl groups is 1. The van der Waals surface area contributed by atoms with Gasteiger partial charge in [0.1, 0.15) is 11.5 Å². The number of para-hydroxylation sites is 1. The van der Waals surface area contributed by atoms with Gasteiger partial charge in [0.15, 0.2) is 0 Å². The van der Waals surface area contributed by atoms with Gasteiger partial charge in [0, 0.05) is 0 Å². The van der Waals surface area contributed by atoms with E-state index < -0.39 is 6.10 Å². The molecule has 118 valence electrons. The quantitative estimate of drug-likeness (QED) is 0.807. The van der Waals surface area contributed by atoms with Gasteiger partial charge in [-0.1, -0.05) is 44.2 Å². The highest BCUT2D eigenvalue weighted by molar-refractivity contribution is 5.27. The van der Waals surface area contributed by atoms with Crippen LogP contribution in [0.2, 0.25) is 0 Å². The smallest absolute Gasteiger partial charge is 0.119 e. The lowest BCUT2D eigenvalue weighted by Gasteiger charge is -2.23. The Morgan fingerprint density at radius 3 is 2.23 bits per heavy atom. The molecule has 0 saturated heterocycles. The van der Waals surface area contributed by atoms with Crippen LogP contribution in [-0.2, 0) is 0 Å². The molecule has 0 saturated carbocycles. The molecule has 0 heterocycles. The van der Waals surface area contributed by atoms with E-state index in [1.165, 1.54) is 0 Å². The fourth-order valence-electron chi connectivity index (χ4n) is 2.59. The van der Waals surface area contributed by atoms with Crippen LogP contribution >= 0.6 is 0 Å². The predicted octanol–water partition coefficient (Wildman–Crippen LogP) is 4.17. The summed E-state index contributed by atoms with van der Waals surface area (Å²) in [7, 11) is 0. The molecule has 3 atom stereocenters. The highest BCUT2D eigenvalue weighted by Crippen LogP contribution is 2.28. The molecule has 0 bridgehead atoms. The van der Waals surface area contributed by atoms with E-state index in [4.69, 9.17) is 4.74 Å². The summed E-state index contributed by atoms with van der Waals surface area (Å²) < 4.78 is 5.76. The van der Waals surface area contributed by atoms with Crippen molar-refractivity contribution in [2.24, 2.45) is 11.8 Å². The van der Waals surface area contributed by atoms with Gasteiger partial charge in [-0.15, -0.1) is 0 Å². The first-order valence-electron chi connectivity index (χ1n) is 7.71. The van der Waals surface area contributed by atoms with Gasteiger partial charge in [-0.2, -0.15) is 0 Å². The van der Waals surface area contributed by atoms with Gasteiger partial charge in [0.05, 0.1) is 12.7 Å². The standard InChI is InChI=1S/C19H24O3/c1-14(13-22-18-6-4-3-5-7-18)12-15(2)19(21)16-8-10-17(20)11-9-16/h3-11,14-15,19-21H,12-13H2,1-2H3/t14-,15-,19-/m0/s1. The van der Waals surface area contributed by atoms with Gasteiger partial charge in [-0.3, -0.25) is 0 Å². The van der Waals surface area contributed by atoms with Crippen molar-refractivity contribution in [2.45, 2.75) is 26.4 Å². The molecule has 0 aliphatic heterocycles. The van der Waals surface area contributed by atoms with Crippen LogP contribution in [0.15, 0.2) is 54.6 Å². The maximum atomic E-state index is 10.4. The summed E-state index contributed by atoms with van der Waals surface area (Å²) in [5, 5.41) is 19.7. The van der Waals surface area contributed by atoms with E-state index in [0.717, 1.165) is 17.7 Å². The second kappa shape index (κ2) is 7.85. The van der Waals surface area contributed by atoms with Crippen LogP contribution in [-0.4, -0.2) is 16.8 Å². The minimum Gasteiger partial charge on any atom is -0.508 e. The molecular weight excluding hydrogens is 276 g/mol. The Kier molecular flexibility index (Phi) is 5.84. The van der Waals surface area contributed by atoms with Crippen LogP contribution in [0.3, 0.4) is 0 Å². The molecule has 0 aromatic heterocycles. The average Bonchev–Trinajstić information content (AvgIpc) is 2.54. The lowest BCUT2D eigenvalue weighted by Crippen LogP contribution is -2.17. The first kappa shape index (κ1) is 16.4. The van der Waals surface area contributed by atoms with Crippen LogP contribution in [0.4, 0.5) is 0 Å². The molecule has 0 radical (unpaired) electrons. The lowest BCUT2D eigenvalue weighted by molar-refractivity contribution is 0.0962. The summed E-state index contributed by atoms with van der Waals surface area (Å²) in [4.78, 5) is 0. The van der Waals surface area contributed by atoms with Crippen molar-refractivity contribution in [3.63, 3.8) is 0 Å². The van der Waals surface area contributed by atoms with E-state index in [1.807, 2.05) is 37.3 Å². The number of aliphatic hydroxyl groups is 1. The molecule has 0 aliphatic rings. The van der Waals surface area contributed by atoms with Gasteiger partial charge in [-0.05, 0) is 48.1 Å². The molecule has 2 aromatic rings. The summed E-state index contributed by atoms with van der Waals surface area (Å²) >= 11 is 0. The van der Waals surface area contributed by atoms with Crippen molar-refractivity contribution < 1.29 is 14.9 Å². The molecule has 0 amide bonds. The first-order valence-corrected chi connectivity index (χ1v) is 7.71. The highest BCUT2D eigenvalue weighted by atomic mass is 16.5. The summed E-state index contributed by atoms with van der Waals surface area (Å²) in [5.41, 5.74) is 0.835. The zero-order valence-electron chi connectivity index (χ0n) is 13.1. The third-order valence-electron chi connectivity index (χ3n) is 3.83. The molecule has 2 rings (SSSR count). The topological polar surface area (TPSA) is 49.7 Å². The van der Waals surface area contributed by atoms with Crippen molar-refractivity contribution in [2.75, 3.05) is 6.61 Å². The predicted molar refractivity (Wildman–Crippen MR) is 87.9 cm³/mol. The van der Waals surface area contributed by atoms with Gasteiger partial charge in [-0.25, -0.2) is 0 Å². The first-order chi connectivity index (χ1) is 10.6. The Morgan fingerprint density at radius 1 is 0.955 bits per heavy atom. The lowest BCUT2D eigenvalue weighted by atomic mass is 9.89. The van der Waals surface area contributed by atoms with Gasteiger partial charge in [0.2, 0.25) is 0 Å². The second-order valence-corrected chi connectivity index (χ2v) is 5.98. The summed E-state index contributed by atoms with van der Waals surface area (Å²) in [6.45, 7) is 4.80. The molecule has 3 nitrogen and oxygen atoms in total. The minimum absolute atomic E-state index is 0.124. The average molecular weight is 300 g/mol. The highest BCUT2D eigenvalue weighted by Gasteiger charge is 2.19. The van der Waals surface area contributed by atoms with Gasteiger partial charge in [0.25, 0.3) is 0 Å². The number of hydrogen-bond donors (Lipinski definition) is 2.